The van der Waals surface area contributed by atoms with Gasteiger partial charge in [0.1, 0.15) is 0 Å². The number of benzene rings is 3. The van der Waals surface area contributed by atoms with Crippen LogP contribution in [0.2, 0.25) is 0 Å². The van der Waals surface area contributed by atoms with Crippen LogP contribution in [0.5, 0.6) is 0 Å². The Morgan fingerprint density at radius 2 is 1.71 bits per heavy atom. The predicted molar refractivity (Wildman–Crippen MR) is 125 cm³/mol. The summed E-state index contributed by atoms with van der Waals surface area (Å²) in [7, 11) is -3.94. The number of rotatable bonds is 4. The molecule has 0 fully saturated rings. The van der Waals surface area contributed by atoms with Crippen LogP contribution in [0, 0.1) is 6.92 Å². The highest BCUT2D eigenvalue weighted by Crippen LogP contribution is 2.50. The molecule has 0 atom stereocenters. The summed E-state index contributed by atoms with van der Waals surface area (Å²) < 4.78 is 27.5. The van der Waals surface area contributed by atoms with Crippen molar-refractivity contribution < 1.29 is 13.2 Å². The van der Waals surface area contributed by atoms with E-state index in [1.54, 1.807) is 12.1 Å². The molecule has 3 aromatic carbocycles. The van der Waals surface area contributed by atoms with Crippen LogP contribution >= 0.6 is 0 Å². The molecule has 1 heterocycles. The van der Waals surface area contributed by atoms with Gasteiger partial charge in [0.2, 0.25) is 0 Å². The normalized spacial score (nSPS) is 16.5. The highest BCUT2D eigenvalue weighted by Gasteiger charge is 2.41. The third-order valence-corrected chi connectivity index (χ3v) is 7.29. The molecule has 1 N–H and O–H groups in total. The number of likely N-dealkylation sites (N-methyl/N-ethyl adjacent to an activating group) is 1. The third kappa shape index (κ3) is 3.61. The molecule has 1 amide bonds. The van der Waals surface area contributed by atoms with E-state index in [9.17, 15) is 13.2 Å². The van der Waals surface area contributed by atoms with Crippen LogP contribution in [0.25, 0.3) is 10.8 Å². The molecule has 0 aliphatic carbocycles. The van der Waals surface area contributed by atoms with Crippen molar-refractivity contribution in [3.8, 4) is 0 Å². The van der Waals surface area contributed by atoms with Gasteiger partial charge in [-0.2, -0.15) is 0 Å². The van der Waals surface area contributed by atoms with Gasteiger partial charge in [0, 0.05) is 29.1 Å². The topological polar surface area (TPSA) is 66.5 Å². The molecule has 160 valence electrons. The fourth-order valence-electron chi connectivity index (χ4n) is 4.30. The van der Waals surface area contributed by atoms with Crippen molar-refractivity contribution in [2.45, 2.75) is 38.0 Å². The largest absolute Gasteiger partial charge is 0.344 e. The van der Waals surface area contributed by atoms with Crippen LogP contribution in [-0.4, -0.2) is 20.9 Å². The Morgan fingerprint density at radius 3 is 2.39 bits per heavy atom. The average Bonchev–Trinajstić information content (AvgIpc) is 2.94. The molecule has 0 spiro atoms. The van der Waals surface area contributed by atoms with Crippen molar-refractivity contribution in [1.82, 2.24) is 4.72 Å². The third-order valence-electron chi connectivity index (χ3n) is 5.93. The lowest BCUT2D eigenvalue weighted by molar-refractivity contribution is -0.114. The van der Waals surface area contributed by atoms with E-state index in [1.165, 1.54) is 18.2 Å². The highest BCUT2D eigenvalue weighted by atomic mass is 32.2. The number of sulfonamides is 1. The van der Waals surface area contributed by atoms with Crippen molar-refractivity contribution in [2.24, 2.45) is 0 Å². The van der Waals surface area contributed by atoms with E-state index in [0.29, 0.717) is 6.54 Å². The molecule has 0 unspecified atom stereocenters. The zero-order chi connectivity index (χ0) is 22.4. The summed E-state index contributed by atoms with van der Waals surface area (Å²) in [5, 5.41) is 2.24. The van der Waals surface area contributed by atoms with E-state index in [1.807, 2.05) is 26.0 Å². The Kier molecular flexibility index (Phi) is 5.13. The molecule has 3 aromatic rings. The monoisotopic (exact) mass is 434 g/mol. The van der Waals surface area contributed by atoms with Crippen molar-refractivity contribution in [3.05, 3.63) is 83.6 Å². The Bertz CT molecular complexity index is 1310. The number of nitrogens with zero attached hydrogens (tertiary/aromatic N) is 1. The summed E-state index contributed by atoms with van der Waals surface area (Å²) in [6, 6.07) is 18.8. The fourth-order valence-corrected chi connectivity index (χ4v) is 5.23. The Labute approximate surface area is 183 Å². The van der Waals surface area contributed by atoms with E-state index in [2.05, 4.69) is 47.7 Å². The van der Waals surface area contributed by atoms with Crippen LogP contribution in [0.15, 0.2) is 77.3 Å². The first-order valence-corrected chi connectivity index (χ1v) is 11.8. The summed E-state index contributed by atoms with van der Waals surface area (Å²) in [5.74, 6) is -0.654. The number of allylic oxidation sites excluding steroid dienone is 1. The second kappa shape index (κ2) is 7.54. The summed E-state index contributed by atoms with van der Waals surface area (Å²) in [4.78, 5) is 15.0. The van der Waals surface area contributed by atoms with E-state index in [0.717, 1.165) is 33.3 Å². The number of fused-ring (bicyclic) bond motifs is 3. The smallest absolute Gasteiger partial charge is 0.264 e. The predicted octanol–water partition coefficient (Wildman–Crippen LogP) is 4.65. The molecule has 5 nitrogen and oxygen atoms in total. The Morgan fingerprint density at radius 1 is 1.03 bits per heavy atom. The van der Waals surface area contributed by atoms with Gasteiger partial charge in [0.15, 0.2) is 0 Å². The maximum Gasteiger partial charge on any atom is 0.264 e. The Hall–Kier alpha value is -3.12. The van der Waals surface area contributed by atoms with E-state index in [-0.39, 0.29) is 4.90 Å². The van der Waals surface area contributed by atoms with E-state index >= 15 is 0 Å². The molecule has 0 radical (unpaired) electrons. The van der Waals surface area contributed by atoms with Crippen LogP contribution in [0.3, 0.4) is 0 Å². The molecular weight excluding hydrogens is 408 g/mol. The molecular formula is C25H26N2O3S. The number of hydrogen-bond donors (Lipinski definition) is 1. The first-order valence-electron chi connectivity index (χ1n) is 10.3. The van der Waals surface area contributed by atoms with Gasteiger partial charge in [0.05, 0.1) is 10.6 Å². The average molecular weight is 435 g/mol. The summed E-state index contributed by atoms with van der Waals surface area (Å²) in [6.45, 7) is 8.69. The van der Waals surface area contributed by atoms with Gasteiger partial charge in [0.25, 0.3) is 15.9 Å². The molecule has 0 saturated heterocycles. The van der Waals surface area contributed by atoms with Gasteiger partial charge >= 0.3 is 0 Å². The maximum absolute atomic E-state index is 12.8. The van der Waals surface area contributed by atoms with Crippen molar-refractivity contribution in [2.75, 3.05) is 11.4 Å². The van der Waals surface area contributed by atoms with E-state index < -0.39 is 21.3 Å². The molecule has 1 aliphatic heterocycles. The summed E-state index contributed by atoms with van der Waals surface area (Å²) in [6.07, 6.45) is 1.42. The number of aryl methyl sites for hydroxylation is 1. The first kappa shape index (κ1) is 21.1. The van der Waals surface area contributed by atoms with Gasteiger partial charge in [-0.1, -0.05) is 67.9 Å². The van der Waals surface area contributed by atoms with Gasteiger partial charge in [-0.15, -0.1) is 0 Å². The maximum atomic E-state index is 12.8. The molecule has 4 rings (SSSR count). The number of carbonyl (C=O) groups excluding carboxylic acids is 1. The zero-order valence-corrected chi connectivity index (χ0v) is 19.0. The fraction of sp³-hybridized carbons (Fsp3) is 0.240. The molecule has 0 bridgehead atoms. The number of nitrogens with one attached hydrogen (secondary N) is 1. The lowest BCUT2D eigenvalue weighted by atomic mass is 9.83. The number of amides is 1. The van der Waals surface area contributed by atoms with Crippen LogP contribution < -0.4 is 9.62 Å². The SMILES string of the molecule is CCN1/C(=C/C(=O)NS(=O)(=O)c2ccc(C)cc2)C(C)(C)c2ccc3ccccc3c21. The van der Waals surface area contributed by atoms with Gasteiger partial charge < -0.3 is 4.90 Å². The lowest BCUT2D eigenvalue weighted by Gasteiger charge is -2.26. The molecule has 0 aromatic heterocycles. The van der Waals surface area contributed by atoms with Gasteiger partial charge in [-0.3, -0.25) is 4.79 Å². The standard InChI is InChI=1S/C25H26N2O3S/c1-5-27-22(16-23(28)26-31(29,30)19-13-10-17(2)11-14-19)25(3,4)21-15-12-18-8-6-7-9-20(18)24(21)27/h6-16H,5H2,1-4H3,(H,26,28)/b22-16+. The lowest BCUT2D eigenvalue weighted by Crippen LogP contribution is -2.33. The molecule has 6 heteroatoms. The molecule has 1 aliphatic rings. The van der Waals surface area contributed by atoms with E-state index in [4.69, 9.17) is 0 Å². The van der Waals surface area contributed by atoms with Crippen molar-refractivity contribution in [3.63, 3.8) is 0 Å². The molecule has 0 saturated carbocycles. The zero-order valence-electron chi connectivity index (χ0n) is 18.1. The van der Waals surface area contributed by atoms with Gasteiger partial charge in [-0.25, -0.2) is 13.1 Å². The number of anilines is 1. The van der Waals surface area contributed by atoms with Gasteiger partial charge in [-0.05, 0) is 36.9 Å². The van der Waals surface area contributed by atoms with Crippen LogP contribution in [0.4, 0.5) is 5.69 Å². The quantitative estimate of drug-likeness (QED) is 0.607. The molecule has 31 heavy (non-hydrogen) atoms. The summed E-state index contributed by atoms with van der Waals surface area (Å²) >= 11 is 0. The first-order chi connectivity index (χ1) is 14.6. The number of hydrogen-bond acceptors (Lipinski definition) is 4. The van der Waals surface area contributed by atoms with Crippen LogP contribution in [-0.2, 0) is 20.2 Å². The minimum Gasteiger partial charge on any atom is -0.344 e. The second-order valence-electron chi connectivity index (χ2n) is 8.36. The second-order valence-corrected chi connectivity index (χ2v) is 10.0. The van der Waals surface area contributed by atoms with Crippen molar-refractivity contribution >= 4 is 32.4 Å². The Balaban J connectivity index is 1.73. The summed E-state index contributed by atoms with van der Waals surface area (Å²) in [5.41, 5.74) is 3.47. The van der Waals surface area contributed by atoms with Crippen LogP contribution in [0.1, 0.15) is 31.9 Å². The van der Waals surface area contributed by atoms with Crippen molar-refractivity contribution in [1.29, 1.82) is 0 Å². The highest BCUT2D eigenvalue weighted by molar-refractivity contribution is 7.90. The minimum atomic E-state index is -3.94. The minimum absolute atomic E-state index is 0.0668. The number of carbonyl (C=O) groups is 1.